The van der Waals surface area contributed by atoms with Gasteiger partial charge in [0, 0.05) is 12.6 Å². The minimum Gasteiger partial charge on any atom is -0.393 e. The normalized spacial score (nSPS) is 9.39. The number of carbonyl (C=O) groups excluding carboxylic acids is 1. The molecule has 0 heterocycles. The molecule has 0 unspecified atom stereocenters. The van der Waals surface area contributed by atoms with Gasteiger partial charge in [0.1, 0.15) is 5.69 Å². The Morgan fingerprint density at radius 2 is 2.11 bits per heavy atom. The zero-order valence-corrected chi connectivity index (χ0v) is 10.4. The van der Waals surface area contributed by atoms with Crippen molar-refractivity contribution in [3.63, 3.8) is 0 Å². The van der Waals surface area contributed by atoms with E-state index in [1.807, 2.05) is 0 Å². The third kappa shape index (κ3) is 3.86. The second kappa shape index (κ2) is 7.46. The fourth-order valence-corrected chi connectivity index (χ4v) is 1.31. The van der Waals surface area contributed by atoms with Crippen LogP contribution in [-0.2, 0) is 0 Å². The number of nitrogens with one attached hydrogen (secondary N) is 1. The molecule has 1 amide bonds. The summed E-state index contributed by atoms with van der Waals surface area (Å²) in [6.45, 7) is 0.877. The van der Waals surface area contributed by atoms with Gasteiger partial charge in [0.05, 0.1) is 10.5 Å². The van der Waals surface area contributed by atoms with Gasteiger partial charge in [-0.15, -0.1) is 12.4 Å². The molecule has 1 rings (SSSR count). The van der Waals surface area contributed by atoms with Crippen LogP contribution in [0.3, 0.4) is 0 Å². The van der Waals surface area contributed by atoms with E-state index in [0.29, 0.717) is 19.5 Å². The van der Waals surface area contributed by atoms with Crippen LogP contribution < -0.4 is 16.8 Å². The van der Waals surface area contributed by atoms with E-state index in [1.165, 1.54) is 18.2 Å². The van der Waals surface area contributed by atoms with Crippen molar-refractivity contribution in [2.24, 2.45) is 5.73 Å². The van der Waals surface area contributed by atoms with Crippen LogP contribution in [0, 0.1) is 10.1 Å². The first-order valence-electron chi connectivity index (χ1n) is 5.09. The molecule has 100 valence electrons. The van der Waals surface area contributed by atoms with Crippen LogP contribution in [0.4, 0.5) is 11.4 Å². The van der Waals surface area contributed by atoms with Gasteiger partial charge in [-0.3, -0.25) is 14.9 Å². The summed E-state index contributed by atoms with van der Waals surface area (Å²) < 4.78 is 0. The zero-order chi connectivity index (χ0) is 12.8. The standard InChI is InChI=1S/C10H14N4O3.ClH/c11-5-2-6-13-10(15)7-3-1-4-8(9(7)12)14(16)17;/h1,3-4H,2,5-6,11-12H2,(H,13,15);1H. The van der Waals surface area contributed by atoms with Gasteiger partial charge in [0.15, 0.2) is 0 Å². The number of nitrogens with zero attached hydrogens (tertiary/aromatic N) is 1. The van der Waals surface area contributed by atoms with Crippen LogP contribution in [0.2, 0.25) is 0 Å². The van der Waals surface area contributed by atoms with Crippen molar-refractivity contribution in [3.05, 3.63) is 33.9 Å². The Morgan fingerprint density at radius 3 is 2.67 bits per heavy atom. The number of nitro groups is 1. The van der Waals surface area contributed by atoms with Crippen molar-refractivity contribution in [2.75, 3.05) is 18.8 Å². The SMILES string of the molecule is Cl.NCCCNC(=O)c1cccc([N+](=O)[O-])c1N. The van der Waals surface area contributed by atoms with E-state index in [4.69, 9.17) is 11.5 Å². The topological polar surface area (TPSA) is 124 Å². The van der Waals surface area contributed by atoms with Gasteiger partial charge < -0.3 is 16.8 Å². The molecule has 0 aliphatic carbocycles. The average Bonchev–Trinajstić information content (AvgIpc) is 2.29. The van der Waals surface area contributed by atoms with Crippen molar-refractivity contribution in [3.8, 4) is 0 Å². The maximum absolute atomic E-state index is 11.7. The summed E-state index contributed by atoms with van der Waals surface area (Å²) >= 11 is 0. The van der Waals surface area contributed by atoms with Crippen LogP contribution in [0.1, 0.15) is 16.8 Å². The van der Waals surface area contributed by atoms with E-state index >= 15 is 0 Å². The number of carbonyl (C=O) groups is 1. The summed E-state index contributed by atoms with van der Waals surface area (Å²) in [7, 11) is 0. The summed E-state index contributed by atoms with van der Waals surface area (Å²) in [6.07, 6.45) is 0.639. The lowest BCUT2D eigenvalue weighted by atomic mass is 10.1. The van der Waals surface area contributed by atoms with Crippen LogP contribution >= 0.6 is 12.4 Å². The first kappa shape index (κ1) is 16.1. The molecule has 18 heavy (non-hydrogen) atoms. The number of nitrogens with two attached hydrogens (primary N) is 2. The number of halogens is 1. The number of para-hydroxylation sites is 1. The Hall–Kier alpha value is -1.86. The highest BCUT2D eigenvalue weighted by Gasteiger charge is 2.18. The molecular weight excluding hydrogens is 260 g/mol. The minimum atomic E-state index is -0.619. The van der Waals surface area contributed by atoms with Crippen LogP contribution in [0.25, 0.3) is 0 Å². The highest BCUT2D eigenvalue weighted by Crippen LogP contribution is 2.24. The van der Waals surface area contributed by atoms with Crippen molar-refractivity contribution in [1.82, 2.24) is 5.32 Å². The van der Waals surface area contributed by atoms with E-state index in [9.17, 15) is 14.9 Å². The third-order valence-corrected chi connectivity index (χ3v) is 2.19. The second-order valence-corrected chi connectivity index (χ2v) is 3.39. The molecule has 0 atom stereocenters. The highest BCUT2D eigenvalue weighted by molar-refractivity contribution is 6.00. The molecule has 0 saturated heterocycles. The quantitative estimate of drug-likeness (QED) is 0.315. The number of benzene rings is 1. The molecule has 0 fully saturated rings. The maximum atomic E-state index is 11.7. The highest BCUT2D eigenvalue weighted by atomic mass is 35.5. The molecule has 0 aliphatic rings. The van der Waals surface area contributed by atoms with Gasteiger partial charge in [-0.1, -0.05) is 6.07 Å². The lowest BCUT2D eigenvalue weighted by Gasteiger charge is -2.06. The van der Waals surface area contributed by atoms with Gasteiger partial charge in [-0.05, 0) is 19.0 Å². The van der Waals surface area contributed by atoms with E-state index < -0.39 is 10.8 Å². The molecule has 1 aromatic rings. The number of hydrogen-bond acceptors (Lipinski definition) is 5. The number of nitro benzene ring substituents is 1. The fraction of sp³-hybridized carbons (Fsp3) is 0.300. The molecule has 0 radical (unpaired) electrons. The van der Waals surface area contributed by atoms with E-state index in [1.54, 1.807) is 0 Å². The largest absolute Gasteiger partial charge is 0.393 e. The van der Waals surface area contributed by atoms with Crippen molar-refractivity contribution in [1.29, 1.82) is 0 Å². The number of anilines is 1. The fourth-order valence-electron chi connectivity index (χ4n) is 1.31. The van der Waals surface area contributed by atoms with E-state index in [-0.39, 0.29) is 29.3 Å². The summed E-state index contributed by atoms with van der Waals surface area (Å²) in [4.78, 5) is 21.7. The molecule has 5 N–H and O–H groups in total. The first-order valence-corrected chi connectivity index (χ1v) is 5.09. The molecule has 7 nitrogen and oxygen atoms in total. The molecule has 0 spiro atoms. The van der Waals surface area contributed by atoms with E-state index in [2.05, 4.69) is 5.32 Å². The van der Waals surface area contributed by atoms with Gasteiger partial charge in [-0.2, -0.15) is 0 Å². The van der Waals surface area contributed by atoms with Gasteiger partial charge in [-0.25, -0.2) is 0 Å². The number of rotatable bonds is 5. The molecule has 0 aliphatic heterocycles. The lowest BCUT2D eigenvalue weighted by molar-refractivity contribution is -0.383. The first-order chi connectivity index (χ1) is 8.07. The predicted octanol–water partition coefficient (Wildman–Crippen LogP) is 0.677. The Bertz CT molecular complexity index is 439. The van der Waals surface area contributed by atoms with Crippen molar-refractivity contribution < 1.29 is 9.72 Å². The van der Waals surface area contributed by atoms with Gasteiger partial charge >= 0.3 is 0 Å². The maximum Gasteiger partial charge on any atom is 0.292 e. The smallest absolute Gasteiger partial charge is 0.292 e. The van der Waals surface area contributed by atoms with Gasteiger partial charge in [0.25, 0.3) is 11.6 Å². The molecular formula is C10H15ClN4O3. The summed E-state index contributed by atoms with van der Waals surface area (Å²) in [5.41, 5.74) is 10.6. The predicted molar refractivity (Wildman–Crippen MR) is 70.8 cm³/mol. The molecule has 1 aromatic carbocycles. The Balaban J connectivity index is 0.00000289. The Labute approximate surface area is 110 Å². The van der Waals surface area contributed by atoms with E-state index in [0.717, 1.165) is 0 Å². The monoisotopic (exact) mass is 274 g/mol. The molecule has 0 bridgehead atoms. The summed E-state index contributed by atoms with van der Waals surface area (Å²) in [5, 5.41) is 13.2. The summed E-state index contributed by atoms with van der Waals surface area (Å²) in [6, 6.07) is 4.12. The van der Waals surface area contributed by atoms with Crippen LogP contribution in [-0.4, -0.2) is 23.9 Å². The Morgan fingerprint density at radius 1 is 1.44 bits per heavy atom. The number of amides is 1. The minimum absolute atomic E-state index is 0. The number of hydrogen-bond donors (Lipinski definition) is 3. The average molecular weight is 275 g/mol. The second-order valence-electron chi connectivity index (χ2n) is 3.39. The molecule has 8 heteroatoms. The van der Waals surface area contributed by atoms with Crippen molar-refractivity contribution in [2.45, 2.75) is 6.42 Å². The van der Waals surface area contributed by atoms with Crippen LogP contribution in [0.5, 0.6) is 0 Å². The third-order valence-electron chi connectivity index (χ3n) is 2.19. The molecule has 0 aromatic heterocycles. The summed E-state index contributed by atoms with van der Waals surface area (Å²) in [5.74, 6) is -0.431. The Kier molecular flexibility index (Phi) is 6.69. The van der Waals surface area contributed by atoms with Crippen molar-refractivity contribution >= 4 is 29.7 Å². The number of nitrogen functional groups attached to an aromatic ring is 1. The van der Waals surface area contributed by atoms with Gasteiger partial charge in [0.2, 0.25) is 0 Å². The van der Waals surface area contributed by atoms with Crippen LogP contribution in [0.15, 0.2) is 18.2 Å². The zero-order valence-electron chi connectivity index (χ0n) is 9.59. The lowest BCUT2D eigenvalue weighted by Crippen LogP contribution is -2.26. The molecule has 0 saturated carbocycles.